The number of hydrogen-bond donors (Lipinski definition) is 1. The summed E-state index contributed by atoms with van der Waals surface area (Å²) in [6, 6.07) is 5.43. The van der Waals surface area contributed by atoms with Crippen LogP contribution in [-0.4, -0.2) is 65.2 Å². The molecule has 0 unspecified atom stereocenters. The molecule has 1 aromatic rings. The first kappa shape index (κ1) is 17.4. The molecule has 1 amide bonds. The van der Waals surface area contributed by atoms with Crippen molar-refractivity contribution in [2.45, 2.75) is 4.90 Å². The summed E-state index contributed by atoms with van der Waals surface area (Å²) < 4.78 is 35.7. The standard InChI is InChI=1S/C14H18N2O6S/c1-15-23(19,20)12-4-2-3-11(9-12)14(18)22-10-13(17)16-5-7-21-8-6-16/h2-4,9,15H,5-8,10H2,1H3. The van der Waals surface area contributed by atoms with Gasteiger partial charge in [0.1, 0.15) is 0 Å². The quantitative estimate of drug-likeness (QED) is 0.731. The van der Waals surface area contributed by atoms with Gasteiger partial charge in [0, 0.05) is 13.1 Å². The number of hydrogen-bond acceptors (Lipinski definition) is 6. The van der Waals surface area contributed by atoms with Gasteiger partial charge in [0.2, 0.25) is 10.0 Å². The molecule has 0 aliphatic carbocycles. The average molecular weight is 342 g/mol. The highest BCUT2D eigenvalue weighted by Gasteiger charge is 2.20. The molecule has 126 valence electrons. The molecule has 23 heavy (non-hydrogen) atoms. The molecule has 1 aliphatic heterocycles. The normalized spacial score (nSPS) is 15.3. The molecule has 1 saturated heterocycles. The fraction of sp³-hybridized carbons (Fsp3) is 0.429. The molecule has 1 heterocycles. The summed E-state index contributed by atoms with van der Waals surface area (Å²) in [6.45, 7) is 1.47. The van der Waals surface area contributed by atoms with Gasteiger partial charge in [-0.2, -0.15) is 0 Å². The molecular formula is C14H18N2O6S. The van der Waals surface area contributed by atoms with Gasteiger partial charge in [-0.3, -0.25) is 4.79 Å². The van der Waals surface area contributed by atoms with Gasteiger partial charge in [-0.1, -0.05) is 6.07 Å². The Labute approximate surface area is 134 Å². The van der Waals surface area contributed by atoms with Gasteiger partial charge >= 0.3 is 5.97 Å². The van der Waals surface area contributed by atoms with E-state index >= 15 is 0 Å². The number of ether oxygens (including phenoxy) is 2. The largest absolute Gasteiger partial charge is 0.452 e. The minimum absolute atomic E-state index is 0.0473. The summed E-state index contributed by atoms with van der Waals surface area (Å²) in [7, 11) is -2.37. The number of morpholine rings is 1. The predicted molar refractivity (Wildman–Crippen MR) is 80.4 cm³/mol. The van der Waals surface area contributed by atoms with Gasteiger partial charge in [0.15, 0.2) is 6.61 Å². The Morgan fingerprint density at radius 2 is 2.00 bits per heavy atom. The van der Waals surface area contributed by atoms with Crippen molar-refractivity contribution in [2.75, 3.05) is 40.0 Å². The number of esters is 1. The first-order valence-corrected chi connectivity index (χ1v) is 8.48. The zero-order chi connectivity index (χ0) is 16.9. The molecule has 0 radical (unpaired) electrons. The van der Waals surface area contributed by atoms with E-state index in [0.29, 0.717) is 26.3 Å². The van der Waals surface area contributed by atoms with Crippen LogP contribution in [0.5, 0.6) is 0 Å². The molecule has 1 fully saturated rings. The van der Waals surface area contributed by atoms with Crippen molar-refractivity contribution in [1.82, 2.24) is 9.62 Å². The minimum Gasteiger partial charge on any atom is -0.452 e. The van der Waals surface area contributed by atoms with Gasteiger partial charge in [0.25, 0.3) is 5.91 Å². The van der Waals surface area contributed by atoms with Crippen molar-refractivity contribution in [3.8, 4) is 0 Å². The highest BCUT2D eigenvalue weighted by Crippen LogP contribution is 2.12. The molecule has 0 atom stereocenters. The zero-order valence-electron chi connectivity index (χ0n) is 12.6. The Morgan fingerprint density at radius 1 is 1.30 bits per heavy atom. The number of amides is 1. The van der Waals surface area contributed by atoms with Crippen molar-refractivity contribution in [1.29, 1.82) is 0 Å². The maximum absolute atomic E-state index is 12.0. The number of carbonyl (C=O) groups excluding carboxylic acids is 2. The van der Waals surface area contributed by atoms with E-state index in [1.54, 1.807) is 4.90 Å². The molecule has 1 N–H and O–H groups in total. The van der Waals surface area contributed by atoms with Gasteiger partial charge in [-0.05, 0) is 25.2 Å². The van der Waals surface area contributed by atoms with E-state index in [0.717, 1.165) is 0 Å². The summed E-state index contributed by atoms with van der Waals surface area (Å²) in [5, 5.41) is 0. The van der Waals surface area contributed by atoms with Crippen LogP contribution < -0.4 is 4.72 Å². The number of benzene rings is 1. The molecule has 2 rings (SSSR count). The first-order valence-electron chi connectivity index (χ1n) is 7.00. The van der Waals surface area contributed by atoms with E-state index in [-0.39, 0.29) is 23.0 Å². The summed E-state index contributed by atoms with van der Waals surface area (Å²) in [4.78, 5) is 25.4. The van der Waals surface area contributed by atoms with Gasteiger partial charge < -0.3 is 14.4 Å². The summed E-state index contributed by atoms with van der Waals surface area (Å²) in [6.07, 6.45) is 0. The van der Waals surface area contributed by atoms with Crippen molar-refractivity contribution in [3.63, 3.8) is 0 Å². The molecule has 1 aliphatic rings. The molecular weight excluding hydrogens is 324 g/mol. The Balaban J connectivity index is 1.98. The van der Waals surface area contributed by atoms with Crippen LogP contribution in [0.15, 0.2) is 29.2 Å². The second-order valence-electron chi connectivity index (χ2n) is 4.80. The lowest BCUT2D eigenvalue weighted by Gasteiger charge is -2.26. The van der Waals surface area contributed by atoms with Crippen molar-refractivity contribution in [3.05, 3.63) is 29.8 Å². The SMILES string of the molecule is CNS(=O)(=O)c1cccc(C(=O)OCC(=O)N2CCOCC2)c1. The van der Waals surface area contributed by atoms with Gasteiger partial charge in [-0.25, -0.2) is 17.9 Å². The second-order valence-corrected chi connectivity index (χ2v) is 6.69. The third-order valence-corrected chi connectivity index (χ3v) is 4.75. The third kappa shape index (κ3) is 4.50. The van der Waals surface area contributed by atoms with E-state index in [1.165, 1.54) is 31.3 Å². The van der Waals surface area contributed by atoms with E-state index < -0.39 is 16.0 Å². The van der Waals surface area contributed by atoms with Crippen LogP contribution in [0.2, 0.25) is 0 Å². The summed E-state index contributed by atoms with van der Waals surface area (Å²) in [5.41, 5.74) is 0.0658. The Morgan fingerprint density at radius 3 is 2.65 bits per heavy atom. The maximum atomic E-state index is 12.0. The Hall–Kier alpha value is -1.97. The molecule has 1 aromatic carbocycles. The molecule has 0 aromatic heterocycles. The highest BCUT2D eigenvalue weighted by molar-refractivity contribution is 7.89. The highest BCUT2D eigenvalue weighted by atomic mass is 32.2. The number of nitrogens with zero attached hydrogens (tertiary/aromatic N) is 1. The first-order chi connectivity index (χ1) is 10.9. The van der Waals surface area contributed by atoms with Crippen LogP contribution >= 0.6 is 0 Å². The number of carbonyl (C=O) groups is 2. The lowest BCUT2D eigenvalue weighted by atomic mass is 10.2. The summed E-state index contributed by atoms with van der Waals surface area (Å²) >= 11 is 0. The molecule has 8 nitrogen and oxygen atoms in total. The van der Waals surface area contributed by atoms with E-state index in [9.17, 15) is 18.0 Å². The van der Waals surface area contributed by atoms with E-state index in [1.807, 2.05) is 0 Å². The average Bonchev–Trinajstić information content (AvgIpc) is 2.60. The van der Waals surface area contributed by atoms with Crippen molar-refractivity contribution >= 4 is 21.9 Å². The van der Waals surface area contributed by atoms with Gasteiger partial charge in [0.05, 0.1) is 23.7 Å². The second kappa shape index (κ2) is 7.53. The van der Waals surface area contributed by atoms with Crippen LogP contribution in [0.3, 0.4) is 0 Å². The summed E-state index contributed by atoms with van der Waals surface area (Å²) in [5.74, 6) is -1.06. The number of nitrogens with one attached hydrogen (secondary N) is 1. The predicted octanol–water partition coefficient (Wildman–Crippen LogP) is -0.390. The molecule has 0 bridgehead atoms. The van der Waals surface area contributed by atoms with Crippen LogP contribution in [0.25, 0.3) is 0 Å². The molecule has 9 heteroatoms. The third-order valence-electron chi connectivity index (χ3n) is 3.34. The van der Waals surface area contributed by atoms with Crippen LogP contribution in [0, 0.1) is 0 Å². The van der Waals surface area contributed by atoms with E-state index in [4.69, 9.17) is 9.47 Å². The van der Waals surface area contributed by atoms with E-state index in [2.05, 4.69) is 4.72 Å². The fourth-order valence-corrected chi connectivity index (χ4v) is 2.80. The van der Waals surface area contributed by atoms with Crippen LogP contribution in [-0.2, 0) is 24.3 Å². The smallest absolute Gasteiger partial charge is 0.338 e. The number of sulfonamides is 1. The lowest BCUT2D eigenvalue weighted by Crippen LogP contribution is -2.42. The van der Waals surface area contributed by atoms with Gasteiger partial charge in [-0.15, -0.1) is 0 Å². The van der Waals surface area contributed by atoms with Crippen LogP contribution in [0.4, 0.5) is 0 Å². The molecule has 0 spiro atoms. The van der Waals surface area contributed by atoms with Crippen molar-refractivity contribution in [2.24, 2.45) is 0 Å². The maximum Gasteiger partial charge on any atom is 0.338 e. The topological polar surface area (TPSA) is 102 Å². The Kier molecular flexibility index (Phi) is 5.69. The molecule has 0 saturated carbocycles. The zero-order valence-corrected chi connectivity index (χ0v) is 13.5. The fourth-order valence-electron chi connectivity index (χ4n) is 2.02. The van der Waals surface area contributed by atoms with Crippen LogP contribution in [0.1, 0.15) is 10.4 Å². The minimum atomic E-state index is -3.65. The number of rotatable bonds is 5. The Bertz CT molecular complexity index is 682. The lowest BCUT2D eigenvalue weighted by molar-refractivity contribution is -0.138. The van der Waals surface area contributed by atoms with Crippen molar-refractivity contribution < 1.29 is 27.5 Å². The monoisotopic (exact) mass is 342 g/mol.